The molecule has 1 aliphatic rings. The summed E-state index contributed by atoms with van der Waals surface area (Å²) in [4.78, 5) is 0. The van der Waals surface area contributed by atoms with Gasteiger partial charge in [0.25, 0.3) is 0 Å². The van der Waals surface area contributed by atoms with Crippen molar-refractivity contribution in [1.29, 1.82) is 0 Å². The molecule has 0 amide bonds. The Bertz CT molecular complexity index is 117. The van der Waals surface area contributed by atoms with E-state index in [1.165, 1.54) is 0 Å². The van der Waals surface area contributed by atoms with Crippen LogP contribution in [0.15, 0.2) is 0 Å². The molecule has 0 radical (unpaired) electrons. The number of ether oxygens (including phenoxy) is 1. The van der Waals surface area contributed by atoms with Gasteiger partial charge in [-0.3, -0.25) is 0 Å². The van der Waals surface area contributed by atoms with E-state index in [-0.39, 0.29) is 5.60 Å². The molecule has 2 N–H and O–H groups in total. The van der Waals surface area contributed by atoms with Crippen molar-refractivity contribution in [3.8, 4) is 0 Å². The third-order valence-electron chi connectivity index (χ3n) is 1.71. The van der Waals surface area contributed by atoms with Crippen LogP contribution in [0.1, 0.15) is 27.2 Å². The summed E-state index contributed by atoms with van der Waals surface area (Å²) in [7, 11) is 0. The third kappa shape index (κ3) is 2.67. The monoisotopic (exact) mass is 143 g/mol. The molecule has 0 spiro atoms. The Kier molecular flexibility index (Phi) is 2.02. The summed E-state index contributed by atoms with van der Waals surface area (Å²) >= 11 is 0. The van der Waals surface area contributed by atoms with E-state index < -0.39 is 0 Å². The highest BCUT2D eigenvalue weighted by Crippen LogP contribution is 2.29. The fraction of sp³-hybridized carbons (Fsp3) is 1.00. The molecule has 60 valence electrons. The summed E-state index contributed by atoms with van der Waals surface area (Å²) < 4.78 is 5.54. The summed E-state index contributed by atoms with van der Waals surface area (Å²) in [6, 6.07) is 0.419. The topological polar surface area (TPSA) is 35.2 Å². The van der Waals surface area contributed by atoms with Gasteiger partial charge in [-0.25, -0.2) is 0 Å². The Balaban J connectivity index is 2.06. The molecule has 0 unspecified atom stereocenters. The highest BCUT2D eigenvalue weighted by Gasteiger charge is 2.34. The van der Waals surface area contributed by atoms with Gasteiger partial charge in [0.05, 0.1) is 12.2 Å². The number of rotatable bonds is 2. The molecule has 1 saturated carbocycles. The average molecular weight is 143 g/mol. The van der Waals surface area contributed by atoms with Crippen molar-refractivity contribution in [2.75, 3.05) is 6.61 Å². The second-order valence-electron chi connectivity index (χ2n) is 4.08. The van der Waals surface area contributed by atoms with Gasteiger partial charge in [-0.15, -0.1) is 0 Å². The van der Waals surface area contributed by atoms with Crippen molar-refractivity contribution in [1.82, 2.24) is 0 Å². The molecule has 0 aromatic rings. The normalized spacial score (nSPS) is 32.4. The Hall–Kier alpha value is -0.0800. The van der Waals surface area contributed by atoms with Crippen LogP contribution in [0.3, 0.4) is 0 Å². The van der Waals surface area contributed by atoms with Crippen LogP contribution in [0.5, 0.6) is 0 Å². The lowest BCUT2D eigenvalue weighted by atomic mass is 10.2. The van der Waals surface area contributed by atoms with Crippen LogP contribution in [0.2, 0.25) is 0 Å². The minimum Gasteiger partial charge on any atom is -0.376 e. The minimum atomic E-state index is 0.00229. The lowest BCUT2D eigenvalue weighted by Crippen LogP contribution is -2.21. The first kappa shape index (κ1) is 8.02. The van der Waals surface area contributed by atoms with E-state index >= 15 is 0 Å². The van der Waals surface area contributed by atoms with Gasteiger partial charge in [0.2, 0.25) is 0 Å². The summed E-state index contributed by atoms with van der Waals surface area (Å²) in [5, 5.41) is 0. The van der Waals surface area contributed by atoms with Gasteiger partial charge in [0.1, 0.15) is 0 Å². The highest BCUT2D eigenvalue weighted by molar-refractivity contribution is 4.90. The molecule has 0 heterocycles. The number of hydrogen-bond acceptors (Lipinski definition) is 2. The maximum atomic E-state index is 5.62. The third-order valence-corrected chi connectivity index (χ3v) is 1.71. The minimum absolute atomic E-state index is 0.00229. The molecule has 1 aliphatic carbocycles. The van der Waals surface area contributed by atoms with E-state index in [0.717, 1.165) is 13.0 Å². The highest BCUT2D eigenvalue weighted by atomic mass is 16.5. The van der Waals surface area contributed by atoms with Crippen LogP contribution >= 0.6 is 0 Å². The molecule has 2 nitrogen and oxygen atoms in total. The predicted octanol–water partition coefficient (Wildman–Crippen LogP) is 1.15. The van der Waals surface area contributed by atoms with Crippen LogP contribution in [-0.4, -0.2) is 18.2 Å². The van der Waals surface area contributed by atoms with Gasteiger partial charge in [-0.05, 0) is 33.1 Å². The summed E-state index contributed by atoms with van der Waals surface area (Å²) in [6.07, 6.45) is 1.15. The summed E-state index contributed by atoms with van der Waals surface area (Å²) in [5.74, 6) is 0.638. The molecule has 1 rings (SSSR count). The zero-order valence-corrected chi connectivity index (χ0v) is 7.05. The maximum Gasteiger partial charge on any atom is 0.0598 e. The summed E-state index contributed by atoms with van der Waals surface area (Å²) in [5.41, 5.74) is 5.62. The zero-order valence-electron chi connectivity index (χ0n) is 7.05. The Labute approximate surface area is 62.7 Å². The lowest BCUT2D eigenvalue weighted by molar-refractivity contribution is -0.00935. The molecular formula is C8H17NO. The molecule has 0 saturated heterocycles. The molecular weight excluding hydrogens is 126 g/mol. The molecule has 1 fully saturated rings. The molecule has 10 heavy (non-hydrogen) atoms. The van der Waals surface area contributed by atoms with Gasteiger partial charge in [-0.2, -0.15) is 0 Å². The molecule has 2 atom stereocenters. The molecule has 0 aliphatic heterocycles. The fourth-order valence-corrected chi connectivity index (χ4v) is 0.820. The SMILES string of the molecule is CC(C)(C)OC[C@@H]1C[C@H]1N. The van der Waals surface area contributed by atoms with Crippen molar-refractivity contribution in [3.05, 3.63) is 0 Å². The van der Waals surface area contributed by atoms with Crippen LogP contribution in [0.4, 0.5) is 0 Å². The first-order valence-electron chi connectivity index (χ1n) is 3.88. The van der Waals surface area contributed by atoms with Crippen LogP contribution in [0.25, 0.3) is 0 Å². The van der Waals surface area contributed by atoms with Crippen LogP contribution in [-0.2, 0) is 4.74 Å². The van der Waals surface area contributed by atoms with Crippen molar-refractivity contribution >= 4 is 0 Å². The van der Waals surface area contributed by atoms with Gasteiger partial charge in [0, 0.05) is 6.04 Å². The van der Waals surface area contributed by atoms with Gasteiger partial charge in [-0.1, -0.05) is 0 Å². The Morgan fingerprint density at radius 3 is 2.30 bits per heavy atom. The number of hydrogen-bond donors (Lipinski definition) is 1. The fourth-order valence-electron chi connectivity index (χ4n) is 0.820. The first-order valence-corrected chi connectivity index (χ1v) is 3.88. The van der Waals surface area contributed by atoms with E-state index in [4.69, 9.17) is 10.5 Å². The van der Waals surface area contributed by atoms with Crippen LogP contribution < -0.4 is 5.73 Å². The van der Waals surface area contributed by atoms with Crippen molar-refractivity contribution in [2.24, 2.45) is 11.7 Å². The molecule has 0 bridgehead atoms. The lowest BCUT2D eigenvalue weighted by Gasteiger charge is -2.19. The largest absolute Gasteiger partial charge is 0.376 e. The zero-order chi connectivity index (χ0) is 7.78. The van der Waals surface area contributed by atoms with Gasteiger partial charge >= 0.3 is 0 Å². The Morgan fingerprint density at radius 2 is 2.00 bits per heavy atom. The quantitative estimate of drug-likeness (QED) is 0.629. The maximum absolute atomic E-state index is 5.62. The summed E-state index contributed by atoms with van der Waals surface area (Å²) in [6.45, 7) is 7.05. The van der Waals surface area contributed by atoms with E-state index in [2.05, 4.69) is 20.8 Å². The van der Waals surface area contributed by atoms with E-state index in [1.807, 2.05) is 0 Å². The van der Waals surface area contributed by atoms with E-state index in [1.54, 1.807) is 0 Å². The first-order chi connectivity index (χ1) is 4.49. The standard InChI is InChI=1S/C8H17NO/c1-8(2,3)10-5-6-4-7(6)9/h6-7H,4-5,9H2,1-3H3/t6-,7+/m0/s1. The van der Waals surface area contributed by atoms with E-state index in [9.17, 15) is 0 Å². The predicted molar refractivity (Wildman–Crippen MR) is 41.8 cm³/mol. The smallest absolute Gasteiger partial charge is 0.0598 e. The second kappa shape index (κ2) is 2.51. The van der Waals surface area contributed by atoms with Crippen molar-refractivity contribution < 1.29 is 4.74 Å². The number of nitrogens with two attached hydrogens (primary N) is 1. The molecule has 2 heteroatoms. The van der Waals surface area contributed by atoms with Crippen molar-refractivity contribution in [2.45, 2.75) is 38.8 Å². The second-order valence-corrected chi connectivity index (χ2v) is 4.08. The van der Waals surface area contributed by atoms with Crippen LogP contribution in [0, 0.1) is 5.92 Å². The van der Waals surface area contributed by atoms with Gasteiger partial charge < -0.3 is 10.5 Å². The van der Waals surface area contributed by atoms with Gasteiger partial charge in [0.15, 0.2) is 0 Å². The Morgan fingerprint density at radius 1 is 1.50 bits per heavy atom. The average Bonchev–Trinajstić information content (AvgIpc) is 2.40. The van der Waals surface area contributed by atoms with E-state index in [0.29, 0.717) is 12.0 Å². The molecule has 0 aromatic heterocycles. The van der Waals surface area contributed by atoms with Crippen molar-refractivity contribution in [3.63, 3.8) is 0 Å². The molecule has 0 aromatic carbocycles.